The third kappa shape index (κ3) is 5.79. The fourth-order valence-electron chi connectivity index (χ4n) is 1.82. The average molecular weight is 309 g/mol. The van der Waals surface area contributed by atoms with Gasteiger partial charge in [0.1, 0.15) is 6.54 Å². The lowest BCUT2D eigenvalue weighted by Gasteiger charge is -2.28. The SMILES string of the molecule is COC(=O)CN(C(=O)[C@@H](C)SCc1ccccc1)C(C)C. The van der Waals surface area contributed by atoms with Crippen LogP contribution in [0.3, 0.4) is 0 Å². The van der Waals surface area contributed by atoms with Crippen LogP contribution < -0.4 is 0 Å². The number of ether oxygens (including phenoxy) is 1. The highest BCUT2D eigenvalue weighted by Crippen LogP contribution is 2.20. The Bertz CT molecular complexity index is 462. The molecule has 0 bridgehead atoms. The van der Waals surface area contributed by atoms with Gasteiger partial charge in [0.15, 0.2) is 0 Å². The predicted molar refractivity (Wildman–Crippen MR) is 86.1 cm³/mol. The van der Waals surface area contributed by atoms with Gasteiger partial charge in [-0.15, -0.1) is 11.8 Å². The van der Waals surface area contributed by atoms with Crippen molar-refractivity contribution < 1.29 is 14.3 Å². The standard InChI is InChI=1S/C16H23NO3S/c1-12(2)17(10-15(18)20-4)16(19)13(3)21-11-14-8-6-5-7-9-14/h5-9,12-13H,10-11H2,1-4H3/t13-/m1/s1. The first-order valence-electron chi connectivity index (χ1n) is 6.98. The van der Waals surface area contributed by atoms with Crippen molar-refractivity contribution in [3.63, 3.8) is 0 Å². The Morgan fingerprint density at radius 1 is 1.19 bits per heavy atom. The first kappa shape index (κ1) is 17.6. The fraction of sp³-hybridized carbons (Fsp3) is 0.500. The Morgan fingerprint density at radius 2 is 1.81 bits per heavy atom. The molecule has 1 aromatic carbocycles. The first-order valence-corrected chi connectivity index (χ1v) is 8.03. The maximum Gasteiger partial charge on any atom is 0.325 e. The van der Waals surface area contributed by atoms with Crippen LogP contribution in [0.2, 0.25) is 0 Å². The molecule has 0 aliphatic rings. The Hall–Kier alpha value is -1.49. The van der Waals surface area contributed by atoms with Crippen LogP contribution in [0.1, 0.15) is 26.3 Å². The molecule has 116 valence electrons. The molecule has 0 fully saturated rings. The van der Waals surface area contributed by atoms with E-state index in [1.54, 1.807) is 16.7 Å². The van der Waals surface area contributed by atoms with E-state index in [4.69, 9.17) is 0 Å². The number of nitrogens with zero attached hydrogens (tertiary/aromatic N) is 1. The summed E-state index contributed by atoms with van der Waals surface area (Å²) in [6.45, 7) is 5.68. The molecule has 0 aromatic heterocycles. The normalized spacial score (nSPS) is 12.0. The zero-order valence-electron chi connectivity index (χ0n) is 13.0. The third-order valence-corrected chi connectivity index (χ3v) is 4.33. The van der Waals surface area contributed by atoms with Crippen molar-refractivity contribution in [1.82, 2.24) is 4.90 Å². The Morgan fingerprint density at radius 3 is 2.33 bits per heavy atom. The molecule has 0 saturated heterocycles. The van der Waals surface area contributed by atoms with Gasteiger partial charge in [-0.2, -0.15) is 0 Å². The molecule has 0 heterocycles. The Labute approximate surface area is 130 Å². The maximum absolute atomic E-state index is 12.5. The van der Waals surface area contributed by atoms with Crippen LogP contribution in [0, 0.1) is 0 Å². The van der Waals surface area contributed by atoms with Crippen LogP contribution in [0.5, 0.6) is 0 Å². The maximum atomic E-state index is 12.5. The van der Waals surface area contributed by atoms with Crippen LogP contribution >= 0.6 is 11.8 Å². The van der Waals surface area contributed by atoms with E-state index in [1.807, 2.05) is 51.1 Å². The molecule has 21 heavy (non-hydrogen) atoms. The van der Waals surface area contributed by atoms with E-state index in [2.05, 4.69) is 4.74 Å². The van der Waals surface area contributed by atoms with E-state index in [0.717, 1.165) is 5.75 Å². The predicted octanol–water partition coefficient (Wildman–Crippen LogP) is 2.72. The van der Waals surface area contributed by atoms with E-state index in [-0.39, 0.29) is 23.7 Å². The lowest BCUT2D eigenvalue weighted by atomic mass is 10.2. The number of rotatable bonds is 7. The van der Waals surface area contributed by atoms with Gasteiger partial charge in [-0.25, -0.2) is 0 Å². The number of methoxy groups -OCH3 is 1. The summed E-state index contributed by atoms with van der Waals surface area (Å²) >= 11 is 1.57. The molecule has 1 atom stereocenters. The minimum absolute atomic E-state index is 0.00321. The second-order valence-corrected chi connectivity index (χ2v) is 6.40. The summed E-state index contributed by atoms with van der Waals surface area (Å²) in [6, 6.07) is 9.99. The number of carbonyl (C=O) groups is 2. The molecule has 1 amide bonds. The molecular weight excluding hydrogens is 286 g/mol. The van der Waals surface area contributed by atoms with Gasteiger partial charge < -0.3 is 9.64 Å². The summed E-state index contributed by atoms with van der Waals surface area (Å²) in [5.74, 6) is 0.353. The van der Waals surface area contributed by atoms with Crippen molar-refractivity contribution in [2.45, 2.75) is 37.8 Å². The van der Waals surface area contributed by atoms with Gasteiger partial charge in [-0.05, 0) is 26.3 Å². The van der Waals surface area contributed by atoms with Crippen molar-refractivity contribution in [1.29, 1.82) is 0 Å². The number of hydrogen-bond donors (Lipinski definition) is 0. The van der Waals surface area contributed by atoms with Crippen LogP contribution in [-0.2, 0) is 20.1 Å². The average Bonchev–Trinajstić information content (AvgIpc) is 2.49. The molecule has 0 unspecified atom stereocenters. The highest BCUT2D eigenvalue weighted by molar-refractivity contribution is 7.99. The molecule has 0 aliphatic carbocycles. The van der Waals surface area contributed by atoms with E-state index in [9.17, 15) is 9.59 Å². The van der Waals surface area contributed by atoms with Crippen molar-refractivity contribution in [3.05, 3.63) is 35.9 Å². The summed E-state index contributed by atoms with van der Waals surface area (Å²) in [5.41, 5.74) is 1.19. The fourth-order valence-corrected chi connectivity index (χ4v) is 2.73. The van der Waals surface area contributed by atoms with Crippen LogP contribution in [0.15, 0.2) is 30.3 Å². The summed E-state index contributed by atoms with van der Waals surface area (Å²) < 4.78 is 4.65. The van der Waals surface area contributed by atoms with Crippen LogP contribution in [0.25, 0.3) is 0 Å². The molecule has 5 heteroatoms. The number of esters is 1. The van der Waals surface area contributed by atoms with Crippen molar-refractivity contribution in [2.24, 2.45) is 0 Å². The zero-order chi connectivity index (χ0) is 15.8. The molecule has 4 nitrogen and oxygen atoms in total. The highest BCUT2D eigenvalue weighted by atomic mass is 32.2. The van der Waals surface area contributed by atoms with E-state index >= 15 is 0 Å². The molecule has 0 radical (unpaired) electrons. The number of carbonyl (C=O) groups excluding carboxylic acids is 2. The summed E-state index contributed by atoms with van der Waals surface area (Å²) in [5, 5.41) is -0.197. The second-order valence-electron chi connectivity index (χ2n) is 5.07. The quantitative estimate of drug-likeness (QED) is 0.727. The molecule has 0 spiro atoms. The van der Waals surface area contributed by atoms with Crippen molar-refractivity contribution >= 4 is 23.6 Å². The Balaban J connectivity index is 2.59. The lowest BCUT2D eigenvalue weighted by molar-refractivity contribution is -0.147. The molecule has 0 aliphatic heterocycles. The number of amides is 1. The van der Waals surface area contributed by atoms with Gasteiger partial charge in [0, 0.05) is 11.8 Å². The zero-order valence-corrected chi connectivity index (χ0v) is 13.9. The molecule has 1 aromatic rings. The van der Waals surface area contributed by atoms with Gasteiger partial charge in [0.05, 0.1) is 12.4 Å². The number of thioether (sulfide) groups is 1. The molecule has 0 saturated carbocycles. The first-order chi connectivity index (χ1) is 9.95. The van der Waals surface area contributed by atoms with Gasteiger partial charge >= 0.3 is 5.97 Å². The van der Waals surface area contributed by atoms with E-state index in [0.29, 0.717) is 0 Å². The minimum Gasteiger partial charge on any atom is -0.468 e. The van der Waals surface area contributed by atoms with Gasteiger partial charge in [0.2, 0.25) is 5.91 Å². The highest BCUT2D eigenvalue weighted by Gasteiger charge is 2.25. The summed E-state index contributed by atoms with van der Waals surface area (Å²) in [7, 11) is 1.33. The Kier molecular flexibility index (Phi) is 7.29. The largest absolute Gasteiger partial charge is 0.468 e. The second kappa shape index (κ2) is 8.72. The molecule has 1 rings (SSSR count). The smallest absolute Gasteiger partial charge is 0.325 e. The van der Waals surface area contributed by atoms with Crippen LogP contribution in [-0.4, -0.2) is 41.7 Å². The molecular formula is C16H23NO3S. The van der Waals surface area contributed by atoms with Crippen LogP contribution in [0.4, 0.5) is 0 Å². The summed E-state index contributed by atoms with van der Waals surface area (Å²) in [6.07, 6.45) is 0. The minimum atomic E-state index is -0.391. The van der Waals surface area contributed by atoms with Gasteiger partial charge in [-0.1, -0.05) is 30.3 Å². The van der Waals surface area contributed by atoms with Crippen molar-refractivity contribution in [3.8, 4) is 0 Å². The molecule has 0 N–H and O–H groups in total. The van der Waals surface area contributed by atoms with Gasteiger partial charge in [-0.3, -0.25) is 9.59 Å². The third-order valence-electron chi connectivity index (χ3n) is 3.12. The topological polar surface area (TPSA) is 46.6 Å². The van der Waals surface area contributed by atoms with Gasteiger partial charge in [0.25, 0.3) is 0 Å². The van der Waals surface area contributed by atoms with Crippen molar-refractivity contribution in [2.75, 3.05) is 13.7 Å². The van der Waals surface area contributed by atoms with E-state index < -0.39 is 5.97 Å². The number of benzene rings is 1. The lowest BCUT2D eigenvalue weighted by Crippen LogP contribution is -2.44. The van der Waals surface area contributed by atoms with E-state index in [1.165, 1.54) is 12.7 Å². The summed E-state index contributed by atoms with van der Waals surface area (Å²) in [4.78, 5) is 25.4. The monoisotopic (exact) mass is 309 g/mol. The number of hydrogen-bond acceptors (Lipinski definition) is 4.